The summed E-state index contributed by atoms with van der Waals surface area (Å²) in [5.74, 6) is 0. The number of aromatic nitrogens is 1. The maximum atomic E-state index is 12.5. The fourth-order valence-electron chi connectivity index (χ4n) is 3.34. The van der Waals surface area contributed by atoms with E-state index in [1.807, 2.05) is 0 Å². The number of pyridine rings is 1. The molecule has 3 rings (SSSR count). The Kier molecular flexibility index (Phi) is 4.26. The Morgan fingerprint density at radius 3 is 2.86 bits per heavy atom. The highest BCUT2D eigenvalue weighted by Gasteiger charge is 2.37. The van der Waals surface area contributed by atoms with Crippen LogP contribution < -0.4 is 10.5 Å². The zero-order valence-corrected chi connectivity index (χ0v) is 12.8. The standard InChI is InChI=1S/C14H22N4O2S/c15-9-11-4-5-12(10-16-11)21(19,20)17-13-6-8-18-7-2-1-3-14(13)18/h4-5,10,13-14,17H,1-3,6-9,15H2. The highest BCUT2D eigenvalue weighted by atomic mass is 32.2. The van der Waals surface area contributed by atoms with Crippen LogP contribution in [0.15, 0.2) is 23.2 Å². The molecule has 0 spiro atoms. The second-order valence-corrected chi connectivity index (χ2v) is 7.52. The molecule has 2 unspecified atom stereocenters. The minimum absolute atomic E-state index is 0.0180. The van der Waals surface area contributed by atoms with E-state index < -0.39 is 10.0 Å². The molecule has 0 saturated carbocycles. The third-order valence-corrected chi connectivity index (χ3v) is 5.95. The van der Waals surface area contributed by atoms with Crippen molar-refractivity contribution in [2.24, 2.45) is 5.73 Å². The summed E-state index contributed by atoms with van der Waals surface area (Å²) in [5.41, 5.74) is 6.17. The Morgan fingerprint density at radius 2 is 2.14 bits per heavy atom. The zero-order chi connectivity index (χ0) is 14.9. The van der Waals surface area contributed by atoms with E-state index in [2.05, 4.69) is 14.6 Å². The number of nitrogens with two attached hydrogens (primary N) is 1. The molecule has 2 saturated heterocycles. The van der Waals surface area contributed by atoms with E-state index >= 15 is 0 Å². The summed E-state index contributed by atoms with van der Waals surface area (Å²) in [6.07, 6.45) is 5.76. The highest BCUT2D eigenvalue weighted by Crippen LogP contribution is 2.28. The van der Waals surface area contributed by atoms with Gasteiger partial charge in [-0.05, 0) is 37.9 Å². The largest absolute Gasteiger partial charge is 0.325 e. The number of nitrogens with zero attached hydrogens (tertiary/aromatic N) is 2. The minimum Gasteiger partial charge on any atom is -0.325 e. The van der Waals surface area contributed by atoms with Gasteiger partial charge in [-0.15, -0.1) is 0 Å². The Morgan fingerprint density at radius 1 is 1.29 bits per heavy atom. The van der Waals surface area contributed by atoms with Gasteiger partial charge in [0.15, 0.2) is 0 Å². The lowest BCUT2D eigenvalue weighted by Crippen LogP contribution is -2.46. The number of sulfonamides is 1. The second kappa shape index (κ2) is 6.00. The third kappa shape index (κ3) is 3.11. The number of nitrogens with one attached hydrogen (secondary N) is 1. The summed E-state index contributed by atoms with van der Waals surface area (Å²) in [6.45, 7) is 2.39. The summed E-state index contributed by atoms with van der Waals surface area (Å²) in [6, 6.07) is 3.61. The second-order valence-electron chi connectivity index (χ2n) is 5.80. The molecule has 0 aromatic carbocycles. The predicted molar refractivity (Wildman–Crippen MR) is 80.1 cm³/mol. The summed E-state index contributed by atoms with van der Waals surface area (Å²) < 4.78 is 27.8. The first-order chi connectivity index (χ1) is 10.1. The van der Waals surface area contributed by atoms with Crippen molar-refractivity contribution < 1.29 is 8.42 Å². The van der Waals surface area contributed by atoms with Gasteiger partial charge in [-0.3, -0.25) is 9.88 Å². The average Bonchev–Trinajstić information content (AvgIpc) is 2.90. The average molecular weight is 310 g/mol. The fraction of sp³-hybridized carbons (Fsp3) is 0.643. The van der Waals surface area contributed by atoms with Gasteiger partial charge in [0.2, 0.25) is 10.0 Å². The fourth-order valence-corrected chi connectivity index (χ4v) is 4.59. The molecule has 2 aliphatic rings. The molecule has 116 valence electrons. The van der Waals surface area contributed by atoms with Crippen LogP contribution in [0.3, 0.4) is 0 Å². The van der Waals surface area contributed by atoms with E-state index in [1.54, 1.807) is 12.1 Å². The molecule has 3 heterocycles. The smallest absolute Gasteiger partial charge is 0.242 e. The Labute approximate surface area is 125 Å². The summed E-state index contributed by atoms with van der Waals surface area (Å²) in [4.78, 5) is 6.69. The number of hydrogen-bond donors (Lipinski definition) is 2. The van der Waals surface area contributed by atoms with Crippen LogP contribution >= 0.6 is 0 Å². The van der Waals surface area contributed by atoms with Crippen molar-refractivity contribution >= 4 is 10.0 Å². The summed E-state index contributed by atoms with van der Waals surface area (Å²) >= 11 is 0. The molecule has 2 aliphatic heterocycles. The molecule has 0 amide bonds. The summed E-state index contributed by atoms with van der Waals surface area (Å²) in [5, 5.41) is 0. The molecule has 1 aromatic rings. The minimum atomic E-state index is -3.50. The van der Waals surface area contributed by atoms with Crippen molar-refractivity contribution in [1.29, 1.82) is 0 Å². The molecule has 21 heavy (non-hydrogen) atoms. The van der Waals surface area contributed by atoms with Crippen LogP contribution in [-0.2, 0) is 16.6 Å². The van der Waals surface area contributed by atoms with Crippen molar-refractivity contribution in [2.75, 3.05) is 13.1 Å². The van der Waals surface area contributed by atoms with Gasteiger partial charge in [-0.25, -0.2) is 13.1 Å². The van der Waals surface area contributed by atoms with Crippen LogP contribution in [-0.4, -0.2) is 43.5 Å². The number of piperidine rings is 1. The molecule has 0 radical (unpaired) electrons. The highest BCUT2D eigenvalue weighted by molar-refractivity contribution is 7.89. The van der Waals surface area contributed by atoms with E-state index in [-0.39, 0.29) is 10.9 Å². The lowest BCUT2D eigenvalue weighted by Gasteiger charge is -2.32. The third-order valence-electron chi connectivity index (χ3n) is 4.48. The topological polar surface area (TPSA) is 88.3 Å². The van der Waals surface area contributed by atoms with Gasteiger partial charge in [-0.2, -0.15) is 0 Å². The van der Waals surface area contributed by atoms with Gasteiger partial charge in [0.25, 0.3) is 0 Å². The van der Waals surface area contributed by atoms with E-state index in [4.69, 9.17) is 5.73 Å². The predicted octanol–water partition coefficient (Wildman–Crippen LogP) is 0.445. The van der Waals surface area contributed by atoms with Gasteiger partial charge in [-0.1, -0.05) is 6.42 Å². The molecule has 3 N–H and O–H groups in total. The number of fused-ring (bicyclic) bond motifs is 1. The Hall–Kier alpha value is -1.02. The molecular weight excluding hydrogens is 288 g/mol. The van der Waals surface area contributed by atoms with Crippen LogP contribution in [0.4, 0.5) is 0 Å². The quantitative estimate of drug-likeness (QED) is 0.843. The van der Waals surface area contributed by atoms with Gasteiger partial charge in [0.05, 0.1) is 5.69 Å². The molecule has 0 aliphatic carbocycles. The van der Waals surface area contributed by atoms with Crippen LogP contribution in [0.5, 0.6) is 0 Å². The van der Waals surface area contributed by atoms with Gasteiger partial charge in [0, 0.05) is 31.4 Å². The van der Waals surface area contributed by atoms with Crippen molar-refractivity contribution in [1.82, 2.24) is 14.6 Å². The maximum absolute atomic E-state index is 12.5. The van der Waals surface area contributed by atoms with Crippen LogP contribution in [0.2, 0.25) is 0 Å². The van der Waals surface area contributed by atoms with E-state index in [0.29, 0.717) is 18.3 Å². The molecule has 2 atom stereocenters. The zero-order valence-electron chi connectivity index (χ0n) is 12.0. The van der Waals surface area contributed by atoms with Gasteiger partial charge >= 0.3 is 0 Å². The first-order valence-electron chi connectivity index (χ1n) is 7.51. The normalized spacial score (nSPS) is 26.7. The lowest BCUT2D eigenvalue weighted by molar-refractivity contribution is 0.186. The van der Waals surface area contributed by atoms with E-state index in [0.717, 1.165) is 25.9 Å². The van der Waals surface area contributed by atoms with Crippen molar-refractivity contribution in [3.63, 3.8) is 0 Å². The van der Waals surface area contributed by atoms with Crippen molar-refractivity contribution in [3.8, 4) is 0 Å². The monoisotopic (exact) mass is 310 g/mol. The SMILES string of the molecule is NCc1ccc(S(=O)(=O)NC2CCN3CCCCC23)cn1. The van der Waals surface area contributed by atoms with E-state index in [9.17, 15) is 8.42 Å². The molecule has 2 fully saturated rings. The summed E-state index contributed by atoms with van der Waals surface area (Å²) in [7, 11) is -3.50. The van der Waals surface area contributed by atoms with Crippen LogP contribution in [0, 0.1) is 0 Å². The molecule has 6 nitrogen and oxygen atoms in total. The Bertz CT molecular complexity index is 587. The van der Waals surface area contributed by atoms with Crippen molar-refractivity contribution in [3.05, 3.63) is 24.0 Å². The van der Waals surface area contributed by atoms with Crippen LogP contribution in [0.25, 0.3) is 0 Å². The van der Waals surface area contributed by atoms with Gasteiger partial charge in [0.1, 0.15) is 4.90 Å². The van der Waals surface area contributed by atoms with E-state index in [1.165, 1.54) is 19.0 Å². The first-order valence-corrected chi connectivity index (χ1v) is 9.00. The number of rotatable bonds is 4. The van der Waals surface area contributed by atoms with Crippen molar-refractivity contribution in [2.45, 2.75) is 49.2 Å². The molecule has 0 bridgehead atoms. The van der Waals surface area contributed by atoms with Crippen LogP contribution in [0.1, 0.15) is 31.4 Å². The Balaban J connectivity index is 1.73. The lowest BCUT2D eigenvalue weighted by atomic mass is 10.00. The first kappa shape index (κ1) is 14.9. The molecule has 7 heteroatoms. The molecule has 1 aromatic heterocycles. The maximum Gasteiger partial charge on any atom is 0.242 e. The van der Waals surface area contributed by atoms with Gasteiger partial charge < -0.3 is 5.73 Å². The molecular formula is C14H22N4O2S. The number of hydrogen-bond acceptors (Lipinski definition) is 5.